The number of aromatic nitrogens is 1. The van der Waals surface area contributed by atoms with Gasteiger partial charge in [0.05, 0.1) is 16.4 Å². The summed E-state index contributed by atoms with van der Waals surface area (Å²) in [7, 11) is -4.09. The molecule has 2 aromatic carbocycles. The predicted octanol–water partition coefficient (Wildman–Crippen LogP) is 2.36. The van der Waals surface area contributed by atoms with Crippen molar-refractivity contribution in [1.82, 2.24) is 0 Å². The number of rotatable bonds is 5. The van der Waals surface area contributed by atoms with Crippen LogP contribution in [0, 0.1) is 0 Å². The second-order valence-corrected chi connectivity index (χ2v) is 7.55. The maximum atomic E-state index is 12.6. The third-order valence-corrected chi connectivity index (χ3v) is 5.18. The molecule has 0 aliphatic heterocycles. The van der Waals surface area contributed by atoms with Crippen LogP contribution < -0.4 is 14.5 Å². The number of anilines is 1. The average molecular weight is 421 g/mol. The highest BCUT2D eigenvalue weighted by atomic mass is 32.2. The molecule has 150 valence electrons. The van der Waals surface area contributed by atoms with Gasteiger partial charge in [0, 0.05) is 17.8 Å². The van der Waals surface area contributed by atoms with Crippen LogP contribution in [0.5, 0.6) is 0 Å². The second-order valence-electron chi connectivity index (χ2n) is 5.87. The Balaban J connectivity index is 1.76. The monoisotopic (exact) mass is 421 g/mol. The number of nitrogens with zero attached hydrogens (tertiary/aromatic N) is 2. The van der Waals surface area contributed by atoms with E-state index < -0.39 is 27.7 Å². The third kappa shape index (κ3) is 5.11. The minimum Gasteiger partial charge on any atom is -0.854 e. The van der Waals surface area contributed by atoms with Gasteiger partial charge in [0.1, 0.15) is 0 Å². The Morgan fingerprint density at radius 3 is 2.07 bits per heavy atom. The van der Waals surface area contributed by atoms with E-state index in [0.29, 0.717) is 12.1 Å². The van der Waals surface area contributed by atoms with Crippen molar-refractivity contribution in [2.75, 3.05) is 4.72 Å². The van der Waals surface area contributed by atoms with Gasteiger partial charge in [-0.1, -0.05) is 22.9 Å². The molecular weight excluding hydrogens is 407 g/mol. The molecule has 6 nitrogen and oxygen atoms in total. The second kappa shape index (κ2) is 7.92. The number of alkyl halides is 3. The molecule has 3 rings (SSSR count). The fraction of sp³-hybridized carbons (Fsp3) is 0.0526. The first kappa shape index (κ1) is 20.3. The van der Waals surface area contributed by atoms with E-state index in [4.69, 9.17) is 0 Å². The molecule has 0 spiro atoms. The highest BCUT2D eigenvalue weighted by molar-refractivity contribution is 7.92. The van der Waals surface area contributed by atoms with Crippen molar-refractivity contribution in [2.45, 2.75) is 11.1 Å². The molecule has 29 heavy (non-hydrogen) atoms. The van der Waals surface area contributed by atoms with Crippen molar-refractivity contribution in [1.29, 1.82) is 0 Å². The number of pyridine rings is 1. The fourth-order valence-corrected chi connectivity index (χ4v) is 3.40. The smallest absolute Gasteiger partial charge is 0.416 e. The molecule has 1 aromatic heterocycles. The van der Waals surface area contributed by atoms with Gasteiger partial charge in [-0.15, -0.1) is 0 Å². The number of hydrogen-bond acceptors (Lipinski definition) is 4. The van der Waals surface area contributed by atoms with Crippen LogP contribution in [0.1, 0.15) is 11.1 Å². The van der Waals surface area contributed by atoms with Gasteiger partial charge in [-0.2, -0.15) is 13.2 Å². The molecule has 0 aliphatic carbocycles. The summed E-state index contributed by atoms with van der Waals surface area (Å²) in [6.07, 6.45) is -1.38. The minimum absolute atomic E-state index is 0.147. The lowest BCUT2D eigenvalue weighted by atomic mass is 10.2. The Labute approximate surface area is 164 Å². The number of hydrogen-bond donors (Lipinski definition) is 1. The standard InChI is InChI=1S/C19H14F3N3O3S/c20-19(21,22)15-6-10-17(11-7-15)29(27,28)24-16-8-4-14(5-9-16)18(26)23-25-12-2-1-3-13-25/h1-13H,(H-,23,24,26). The normalized spacial score (nSPS) is 12.6. The summed E-state index contributed by atoms with van der Waals surface area (Å²) in [5, 5.41) is 16.0. The molecule has 0 fully saturated rings. The summed E-state index contributed by atoms with van der Waals surface area (Å²) in [6.45, 7) is 0. The minimum atomic E-state index is -4.55. The van der Waals surface area contributed by atoms with E-state index >= 15 is 0 Å². The molecule has 0 aliphatic rings. The van der Waals surface area contributed by atoms with E-state index in [1.165, 1.54) is 28.9 Å². The molecule has 0 unspecified atom stereocenters. The Hall–Kier alpha value is -3.40. The number of halogens is 3. The first-order chi connectivity index (χ1) is 13.6. The molecule has 3 aromatic rings. The van der Waals surface area contributed by atoms with E-state index in [9.17, 15) is 26.7 Å². The van der Waals surface area contributed by atoms with E-state index in [1.54, 1.807) is 30.6 Å². The van der Waals surface area contributed by atoms with Crippen LogP contribution >= 0.6 is 0 Å². The fourth-order valence-electron chi connectivity index (χ4n) is 2.34. The van der Waals surface area contributed by atoms with E-state index in [1.807, 2.05) is 0 Å². The lowest BCUT2D eigenvalue weighted by molar-refractivity contribution is -0.681. The maximum absolute atomic E-state index is 12.6. The molecule has 0 amide bonds. The number of sulfonamides is 1. The van der Waals surface area contributed by atoms with Gasteiger partial charge in [-0.3, -0.25) is 4.72 Å². The molecule has 0 radical (unpaired) electrons. The first-order valence-corrected chi connectivity index (χ1v) is 9.66. The molecule has 1 N–H and O–H groups in total. The number of nitrogens with one attached hydrogen (secondary N) is 1. The van der Waals surface area contributed by atoms with Crippen LogP contribution in [-0.4, -0.2) is 14.3 Å². The Kier molecular flexibility index (Phi) is 5.55. The van der Waals surface area contributed by atoms with Crippen molar-refractivity contribution in [3.05, 3.63) is 90.3 Å². The van der Waals surface area contributed by atoms with Crippen molar-refractivity contribution >= 4 is 21.6 Å². The zero-order chi connectivity index (χ0) is 21.1. The van der Waals surface area contributed by atoms with Gasteiger partial charge in [0.25, 0.3) is 10.0 Å². The average Bonchev–Trinajstić information content (AvgIpc) is 2.68. The molecule has 0 bridgehead atoms. The zero-order valence-electron chi connectivity index (χ0n) is 14.7. The zero-order valence-corrected chi connectivity index (χ0v) is 15.5. The topological polar surface area (TPSA) is 85.5 Å². The van der Waals surface area contributed by atoms with Crippen LogP contribution in [0.2, 0.25) is 0 Å². The molecule has 0 saturated carbocycles. The quantitative estimate of drug-likeness (QED) is 0.390. The third-order valence-electron chi connectivity index (χ3n) is 3.78. The van der Waals surface area contributed by atoms with E-state index in [2.05, 4.69) is 9.82 Å². The lowest BCUT2D eigenvalue weighted by Crippen LogP contribution is -2.33. The molecule has 10 heteroatoms. The van der Waals surface area contributed by atoms with Gasteiger partial charge in [0.2, 0.25) is 12.4 Å². The van der Waals surface area contributed by atoms with Gasteiger partial charge in [-0.25, -0.2) is 8.42 Å². The Morgan fingerprint density at radius 1 is 0.931 bits per heavy atom. The van der Waals surface area contributed by atoms with Crippen molar-refractivity contribution < 1.29 is 31.4 Å². The van der Waals surface area contributed by atoms with Gasteiger partial charge >= 0.3 is 6.18 Å². The summed E-state index contributed by atoms with van der Waals surface area (Å²) >= 11 is 0. The van der Waals surface area contributed by atoms with E-state index in [0.717, 1.165) is 12.1 Å². The van der Waals surface area contributed by atoms with Crippen LogP contribution in [0.4, 0.5) is 18.9 Å². The molecule has 0 saturated heterocycles. The molecule has 0 atom stereocenters. The largest absolute Gasteiger partial charge is 0.854 e. The van der Waals surface area contributed by atoms with Crippen LogP contribution in [0.25, 0.3) is 0 Å². The SMILES string of the molecule is O=S(=O)(Nc1ccc(C([O-])=N[n+]2ccccc2)cc1)c1ccc(C(F)(F)F)cc1. The summed E-state index contributed by atoms with van der Waals surface area (Å²) < 4.78 is 66.1. The Bertz CT molecular complexity index is 1110. The number of benzene rings is 2. The van der Waals surface area contributed by atoms with Crippen molar-refractivity contribution in [3.8, 4) is 0 Å². The molecular formula is C19H14F3N3O3S. The van der Waals surface area contributed by atoms with E-state index in [-0.39, 0.29) is 16.1 Å². The molecule has 1 heterocycles. The predicted molar refractivity (Wildman–Crippen MR) is 97.3 cm³/mol. The van der Waals surface area contributed by atoms with Crippen LogP contribution in [0.3, 0.4) is 0 Å². The Morgan fingerprint density at radius 2 is 1.52 bits per heavy atom. The van der Waals surface area contributed by atoms with Crippen molar-refractivity contribution in [2.24, 2.45) is 5.10 Å². The first-order valence-electron chi connectivity index (χ1n) is 8.18. The van der Waals surface area contributed by atoms with Gasteiger partial charge in [0.15, 0.2) is 0 Å². The van der Waals surface area contributed by atoms with Crippen LogP contribution in [-0.2, 0) is 16.2 Å². The summed E-state index contributed by atoms with van der Waals surface area (Å²) in [5.74, 6) is -0.529. The van der Waals surface area contributed by atoms with Gasteiger partial charge in [-0.05, 0) is 47.1 Å². The highest BCUT2D eigenvalue weighted by Gasteiger charge is 2.30. The van der Waals surface area contributed by atoms with Gasteiger partial charge < -0.3 is 5.11 Å². The summed E-state index contributed by atoms with van der Waals surface area (Å²) in [6, 6.07) is 13.8. The van der Waals surface area contributed by atoms with Crippen LogP contribution in [0.15, 0.2) is 89.1 Å². The summed E-state index contributed by atoms with van der Waals surface area (Å²) in [4.78, 5) is -0.318. The maximum Gasteiger partial charge on any atom is 0.416 e. The highest BCUT2D eigenvalue weighted by Crippen LogP contribution is 2.30. The lowest BCUT2D eigenvalue weighted by Gasteiger charge is -2.11. The van der Waals surface area contributed by atoms with Crippen molar-refractivity contribution in [3.63, 3.8) is 0 Å². The summed E-state index contributed by atoms with van der Waals surface area (Å²) in [5.41, 5.74) is -0.563.